The van der Waals surface area contributed by atoms with Crippen molar-refractivity contribution in [3.63, 3.8) is 0 Å². The number of carbonyl (C=O) groups is 2. The fraction of sp³-hybridized carbons (Fsp3) is 0.263. The molecule has 0 saturated carbocycles. The number of aldehydes is 1. The molecule has 24 heavy (non-hydrogen) atoms. The van der Waals surface area contributed by atoms with Crippen LogP contribution in [0.4, 0.5) is 0 Å². The third-order valence-electron chi connectivity index (χ3n) is 3.21. The smallest absolute Gasteiger partial charge is 0.315 e. The van der Waals surface area contributed by atoms with E-state index in [2.05, 4.69) is 0 Å². The first kappa shape index (κ1) is 17.5. The van der Waals surface area contributed by atoms with Crippen LogP contribution in [0.25, 0.3) is 0 Å². The molecule has 0 saturated heterocycles. The van der Waals surface area contributed by atoms with Crippen molar-refractivity contribution in [2.45, 2.75) is 20.3 Å². The third-order valence-corrected chi connectivity index (χ3v) is 3.21. The van der Waals surface area contributed by atoms with Gasteiger partial charge in [0.25, 0.3) is 0 Å². The maximum absolute atomic E-state index is 12.1. The Labute approximate surface area is 141 Å². The molecule has 126 valence electrons. The van der Waals surface area contributed by atoms with Gasteiger partial charge in [-0.05, 0) is 49.7 Å². The van der Waals surface area contributed by atoms with E-state index < -0.39 is 5.97 Å². The van der Waals surface area contributed by atoms with Crippen LogP contribution in [0.3, 0.4) is 0 Å². The lowest BCUT2D eigenvalue weighted by molar-refractivity contribution is -0.133. The van der Waals surface area contributed by atoms with Crippen LogP contribution in [0, 0.1) is 0 Å². The van der Waals surface area contributed by atoms with E-state index in [1.807, 2.05) is 38.1 Å². The molecule has 0 heterocycles. The van der Waals surface area contributed by atoms with E-state index in [0.717, 1.165) is 11.3 Å². The number of esters is 1. The van der Waals surface area contributed by atoms with Crippen LogP contribution >= 0.6 is 0 Å². The molecule has 0 aromatic heterocycles. The number of carbonyl (C=O) groups excluding carboxylic acids is 2. The minimum absolute atomic E-state index is 0.132. The topological polar surface area (TPSA) is 61.8 Å². The summed E-state index contributed by atoms with van der Waals surface area (Å²) in [6.07, 6.45) is 0.849. The fourth-order valence-electron chi connectivity index (χ4n) is 2.15. The van der Waals surface area contributed by atoms with Gasteiger partial charge in [-0.25, -0.2) is 0 Å². The molecule has 0 N–H and O–H groups in total. The molecule has 5 nitrogen and oxygen atoms in total. The van der Waals surface area contributed by atoms with Crippen LogP contribution in [0.15, 0.2) is 42.5 Å². The predicted molar refractivity (Wildman–Crippen MR) is 89.9 cm³/mol. The van der Waals surface area contributed by atoms with Gasteiger partial charge in [0, 0.05) is 5.56 Å². The summed E-state index contributed by atoms with van der Waals surface area (Å²) < 4.78 is 16.2. The molecule has 0 aliphatic rings. The van der Waals surface area contributed by atoms with E-state index in [1.54, 1.807) is 18.2 Å². The number of hydrogen-bond donors (Lipinski definition) is 0. The Morgan fingerprint density at radius 1 is 0.958 bits per heavy atom. The molecular weight excluding hydrogens is 308 g/mol. The van der Waals surface area contributed by atoms with Gasteiger partial charge >= 0.3 is 5.97 Å². The van der Waals surface area contributed by atoms with E-state index in [1.165, 1.54) is 0 Å². The standard InChI is InChI=1S/C19H20O5/c1-3-22-16-8-5-14(6-9-16)12-19(21)24-17-10-7-15(13-20)11-18(17)23-4-2/h5-11,13H,3-4,12H2,1-2H3. The highest BCUT2D eigenvalue weighted by Gasteiger charge is 2.12. The third kappa shape index (κ3) is 4.84. The molecule has 0 radical (unpaired) electrons. The van der Waals surface area contributed by atoms with Gasteiger partial charge in [-0.2, -0.15) is 0 Å². The average molecular weight is 328 g/mol. The molecule has 0 amide bonds. The number of hydrogen-bond acceptors (Lipinski definition) is 5. The Morgan fingerprint density at radius 3 is 2.29 bits per heavy atom. The minimum atomic E-state index is -0.404. The number of ether oxygens (including phenoxy) is 3. The van der Waals surface area contributed by atoms with Crippen LogP contribution in [-0.4, -0.2) is 25.5 Å². The van der Waals surface area contributed by atoms with Crippen molar-refractivity contribution in [1.29, 1.82) is 0 Å². The van der Waals surface area contributed by atoms with E-state index in [0.29, 0.717) is 36.6 Å². The monoisotopic (exact) mass is 328 g/mol. The van der Waals surface area contributed by atoms with E-state index in [-0.39, 0.29) is 6.42 Å². The largest absolute Gasteiger partial charge is 0.494 e. The van der Waals surface area contributed by atoms with E-state index in [9.17, 15) is 9.59 Å². The Bertz CT molecular complexity index is 691. The molecule has 2 aromatic carbocycles. The summed E-state index contributed by atoms with van der Waals surface area (Å²) in [6, 6.07) is 12.0. The predicted octanol–water partition coefficient (Wildman–Crippen LogP) is 3.44. The maximum Gasteiger partial charge on any atom is 0.315 e. The normalized spacial score (nSPS) is 10.1. The maximum atomic E-state index is 12.1. The summed E-state index contributed by atoms with van der Waals surface area (Å²) in [5.41, 5.74) is 1.29. The van der Waals surface area contributed by atoms with E-state index in [4.69, 9.17) is 14.2 Å². The van der Waals surface area contributed by atoms with Crippen molar-refractivity contribution in [1.82, 2.24) is 0 Å². The van der Waals surface area contributed by atoms with Gasteiger partial charge in [0.15, 0.2) is 11.5 Å². The van der Waals surface area contributed by atoms with Crippen LogP contribution in [0.1, 0.15) is 29.8 Å². The lowest BCUT2D eigenvalue weighted by Gasteiger charge is -2.11. The van der Waals surface area contributed by atoms with Gasteiger partial charge in [0.2, 0.25) is 0 Å². The zero-order valence-electron chi connectivity index (χ0n) is 13.8. The van der Waals surface area contributed by atoms with Crippen molar-refractivity contribution < 1.29 is 23.8 Å². The minimum Gasteiger partial charge on any atom is -0.494 e. The first-order chi connectivity index (χ1) is 11.7. The van der Waals surface area contributed by atoms with Crippen molar-refractivity contribution in [3.05, 3.63) is 53.6 Å². The molecule has 0 aliphatic heterocycles. The van der Waals surface area contributed by atoms with Gasteiger partial charge in [-0.1, -0.05) is 12.1 Å². The van der Waals surface area contributed by atoms with Crippen molar-refractivity contribution in [2.75, 3.05) is 13.2 Å². The Morgan fingerprint density at radius 2 is 1.67 bits per heavy atom. The van der Waals surface area contributed by atoms with Crippen molar-refractivity contribution >= 4 is 12.3 Å². The summed E-state index contributed by atoms with van der Waals surface area (Å²) in [6.45, 7) is 4.74. The highest BCUT2D eigenvalue weighted by atomic mass is 16.6. The number of benzene rings is 2. The molecule has 5 heteroatoms. The van der Waals surface area contributed by atoms with Crippen molar-refractivity contribution in [3.8, 4) is 17.2 Å². The fourth-order valence-corrected chi connectivity index (χ4v) is 2.15. The van der Waals surface area contributed by atoms with Gasteiger partial charge < -0.3 is 14.2 Å². The summed E-state index contributed by atoms with van der Waals surface area (Å²) in [4.78, 5) is 23.0. The zero-order valence-corrected chi connectivity index (χ0v) is 13.8. The molecule has 2 rings (SSSR count). The Kier molecular flexibility index (Phi) is 6.37. The summed E-state index contributed by atoms with van der Waals surface area (Å²) in [7, 11) is 0. The lowest BCUT2D eigenvalue weighted by Crippen LogP contribution is -2.12. The summed E-state index contributed by atoms with van der Waals surface area (Å²) >= 11 is 0. The Balaban J connectivity index is 2.04. The van der Waals surface area contributed by atoms with Crippen LogP contribution in [0.2, 0.25) is 0 Å². The molecule has 0 aliphatic carbocycles. The van der Waals surface area contributed by atoms with Gasteiger partial charge in [0.1, 0.15) is 12.0 Å². The van der Waals surface area contributed by atoms with Gasteiger partial charge in [-0.3, -0.25) is 9.59 Å². The molecule has 0 bridgehead atoms. The SMILES string of the molecule is CCOc1ccc(CC(=O)Oc2ccc(C=O)cc2OCC)cc1. The van der Waals surface area contributed by atoms with Gasteiger partial charge in [0.05, 0.1) is 19.6 Å². The second kappa shape index (κ2) is 8.72. The van der Waals surface area contributed by atoms with Gasteiger partial charge in [-0.15, -0.1) is 0 Å². The number of rotatable bonds is 8. The van der Waals surface area contributed by atoms with Crippen LogP contribution in [-0.2, 0) is 11.2 Å². The highest BCUT2D eigenvalue weighted by Crippen LogP contribution is 2.28. The highest BCUT2D eigenvalue weighted by molar-refractivity contribution is 5.79. The molecule has 0 unspecified atom stereocenters. The van der Waals surface area contributed by atoms with Crippen LogP contribution in [0.5, 0.6) is 17.2 Å². The molecular formula is C19H20O5. The second-order valence-electron chi connectivity index (χ2n) is 4.98. The quantitative estimate of drug-likeness (QED) is 0.422. The summed E-state index contributed by atoms with van der Waals surface area (Å²) in [5.74, 6) is 1.04. The molecule has 2 aromatic rings. The lowest BCUT2D eigenvalue weighted by atomic mass is 10.1. The molecule has 0 atom stereocenters. The van der Waals surface area contributed by atoms with E-state index >= 15 is 0 Å². The van der Waals surface area contributed by atoms with Crippen molar-refractivity contribution in [2.24, 2.45) is 0 Å². The van der Waals surface area contributed by atoms with Crippen LogP contribution < -0.4 is 14.2 Å². The zero-order chi connectivity index (χ0) is 17.4. The first-order valence-corrected chi connectivity index (χ1v) is 7.80. The Hall–Kier alpha value is -2.82. The second-order valence-corrected chi connectivity index (χ2v) is 4.98. The first-order valence-electron chi connectivity index (χ1n) is 7.80. The summed E-state index contributed by atoms with van der Waals surface area (Å²) in [5, 5.41) is 0. The average Bonchev–Trinajstić information content (AvgIpc) is 2.58. The molecule has 0 fully saturated rings. The molecule has 0 spiro atoms.